The molecule has 17 heavy (non-hydrogen) atoms. The minimum absolute atomic E-state index is 0.390. The van der Waals surface area contributed by atoms with Crippen LogP contribution in [0.5, 0.6) is 0 Å². The summed E-state index contributed by atoms with van der Waals surface area (Å²) in [6.07, 6.45) is 7.94. The molecule has 2 aliphatic heterocycles. The lowest BCUT2D eigenvalue weighted by Crippen LogP contribution is -2.36. The SMILES string of the molecule is OCC1CCN(CCCC2CCCNC2)CC1. The number of hydrogen-bond donors (Lipinski definition) is 2. The molecule has 0 aliphatic carbocycles. The van der Waals surface area contributed by atoms with Crippen LogP contribution in [0, 0.1) is 11.8 Å². The van der Waals surface area contributed by atoms with Crippen LogP contribution in [0.25, 0.3) is 0 Å². The molecule has 2 aliphatic rings. The van der Waals surface area contributed by atoms with Gasteiger partial charge in [-0.05, 0) is 83.1 Å². The summed E-state index contributed by atoms with van der Waals surface area (Å²) in [6, 6.07) is 0. The molecule has 0 saturated carbocycles. The average Bonchev–Trinajstić information content (AvgIpc) is 2.41. The summed E-state index contributed by atoms with van der Waals surface area (Å²) in [5, 5.41) is 12.6. The Bertz CT molecular complexity index is 196. The van der Waals surface area contributed by atoms with Crippen LogP contribution in [0.3, 0.4) is 0 Å². The molecule has 1 atom stereocenters. The normalized spacial score (nSPS) is 28.4. The first kappa shape index (κ1) is 13.3. The number of aliphatic hydroxyl groups excluding tert-OH is 1. The van der Waals surface area contributed by atoms with Crippen LogP contribution in [-0.4, -0.2) is 49.3 Å². The Kier molecular flexibility index (Phi) is 5.75. The molecule has 2 heterocycles. The molecule has 0 spiro atoms. The zero-order chi connectivity index (χ0) is 11.9. The van der Waals surface area contributed by atoms with E-state index < -0.39 is 0 Å². The van der Waals surface area contributed by atoms with Crippen molar-refractivity contribution < 1.29 is 5.11 Å². The fourth-order valence-corrected chi connectivity index (χ4v) is 3.17. The fraction of sp³-hybridized carbons (Fsp3) is 1.00. The van der Waals surface area contributed by atoms with Crippen LogP contribution in [0.2, 0.25) is 0 Å². The second-order valence-corrected chi connectivity index (χ2v) is 5.82. The number of likely N-dealkylation sites (tertiary alicyclic amines) is 1. The Morgan fingerprint density at radius 3 is 2.59 bits per heavy atom. The predicted molar refractivity (Wildman–Crippen MR) is 71.1 cm³/mol. The number of rotatable bonds is 5. The third-order valence-electron chi connectivity index (χ3n) is 4.45. The zero-order valence-corrected chi connectivity index (χ0v) is 11.0. The average molecular weight is 240 g/mol. The van der Waals surface area contributed by atoms with Crippen LogP contribution >= 0.6 is 0 Å². The van der Waals surface area contributed by atoms with Crippen LogP contribution in [-0.2, 0) is 0 Å². The highest BCUT2D eigenvalue weighted by Gasteiger charge is 2.18. The zero-order valence-electron chi connectivity index (χ0n) is 11.0. The van der Waals surface area contributed by atoms with E-state index in [1.54, 1.807) is 0 Å². The summed E-state index contributed by atoms with van der Waals surface area (Å²) in [7, 11) is 0. The summed E-state index contributed by atoms with van der Waals surface area (Å²) < 4.78 is 0. The van der Waals surface area contributed by atoms with Gasteiger partial charge >= 0.3 is 0 Å². The van der Waals surface area contributed by atoms with Gasteiger partial charge in [0, 0.05) is 6.61 Å². The van der Waals surface area contributed by atoms with Gasteiger partial charge in [-0.2, -0.15) is 0 Å². The van der Waals surface area contributed by atoms with Gasteiger partial charge in [-0.15, -0.1) is 0 Å². The quantitative estimate of drug-likeness (QED) is 0.764. The second-order valence-electron chi connectivity index (χ2n) is 5.82. The highest BCUT2D eigenvalue weighted by molar-refractivity contribution is 4.73. The predicted octanol–water partition coefficient (Wildman–Crippen LogP) is 1.47. The molecule has 3 nitrogen and oxygen atoms in total. The van der Waals surface area contributed by atoms with Crippen LogP contribution in [0.4, 0.5) is 0 Å². The number of nitrogens with zero attached hydrogens (tertiary/aromatic N) is 1. The maximum absolute atomic E-state index is 9.10. The minimum Gasteiger partial charge on any atom is -0.396 e. The first-order valence-electron chi connectivity index (χ1n) is 7.42. The van der Waals surface area contributed by atoms with Crippen LogP contribution in [0.15, 0.2) is 0 Å². The van der Waals surface area contributed by atoms with Gasteiger partial charge in [0.25, 0.3) is 0 Å². The molecule has 1 unspecified atom stereocenters. The molecule has 0 bridgehead atoms. The highest BCUT2D eigenvalue weighted by atomic mass is 16.3. The number of hydrogen-bond acceptors (Lipinski definition) is 3. The van der Waals surface area contributed by atoms with Crippen molar-refractivity contribution in [1.29, 1.82) is 0 Å². The van der Waals surface area contributed by atoms with Gasteiger partial charge in [-0.25, -0.2) is 0 Å². The summed E-state index contributed by atoms with van der Waals surface area (Å²) in [5.74, 6) is 1.51. The van der Waals surface area contributed by atoms with Crippen molar-refractivity contribution in [3.05, 3.63) is 0 Å². The maximum atomic E-state index is 9.10. The largest absolute Gasteiger partial charge is 0.396 e. The Hall–Kier alpha value is -0.120. The van der Waals surface area contributed by atoms with Gasteiger partial charge < -0.3 is 15.3 Å². The minimum atomic E-state index is 0.390. The van der Waals surface area contributed by atoms with Crippen molar-refractivity contribution in [2.24, 2.45) is 11.8 Å². The standard InChI is InChI=1S/C14H28N2O/c17-12-14-5-9-16(10-6-14)8-2-4-13-3-1-7-15-11-13/h13-15,17H,1-12H2. The number of nitrogens with one attached hydrogen (secondary N) is 1. The van der Waals surface area contributed by atoms with E-state index in [4.69, 9.17) is 5.11 Å². The molecule has 0 amide bonds. The van der Waals surface area contributed by atoms with Gasteiger partial charge in [0.05, 0.1) is 0 Å². The van der Waals surface area contributed by atoms with Crippen molar-refractivity contribution in [2.45, 2.75) is 38.5 Å². The Morgan fingerprint density at radius 2 is 1.94 bits per heavy atom. The summed E-state index contributed by atoms with van der Waals surface area (Å²) in [4.78, 5) is 2.59. The Labute approximate surface area is 106 Å². The number of piperidine rings is 2. The van der Waals surface area contributed by atoms with Gasteiger partial charge in [0.2, 0.25) is 0 Å². The van der Waals surface area contributed by atoms with E-state index in [1.807, 2.05) is 0 Å². The van der Waals surface area contributed by atoms with E-state index in [9.17, 15) is 0 Å². The maximum Gasteiger partial charge on any atom is 0.0460 e. The summed E-state index contributed by atoms with van der Waals surface area (Å²) in [6.45, 7) is 6.54. The molecule has 0 aromatic rings. The molecule has 0 radical (unpaired) electrons. The van der Waals surface area contributed by atoms with Gasteiger partial charge in [0.15, 0.2) is 0 Å². The Morgan fingerprint density at radius 1 is 1.12 bits per heavy atom. The van der Waals surface area contributed by atoms with Crippen molar-refractivity contribution in [2.75, 3.05) is 39.3 Å². The van der Waals surface area contributed by atoms with E-state index in [2.05, 4.69) is 10.2 Å². The van der Waals surface area contributed by atoms with Crippen LogP contribution in [0.1, 0.15) is 38.5 Å². The van der Waals surface area contributed by atoms with E-state index in [1.165, 1.54) is 71.2 Å². The fourth-order valence-electron chi connectivity index (χ4n) is 3.17. The second kappa shape index (κ2) is 7.34. The molecule has 0 aromatic carbocycles. The molecule has 2 N–H and O–H groups in total. The first-order chi connectivity index (χ1) is 8.38. The van der Waals surface area contributed by atoms with Gasteiger partial charge in [-0.3, -0.25) is 0 Å². The van der Waals surface area contributed by atoms with Crippen molar-refractivity contribution in [3.63, 3.8) is 0 Å². The van der Waals surface area contributed by atoms with Gasteiger partial charge in [-0.1, -0.05) is 0 Å². The van der Waals surface area contributed by atoms with Crippen molar-refractivity contribution >= 4 is 0 Å². The molecular weight excluding hydrogens is 212 g/mol. The van der Waals surface area contributed by atoms with E-state index in [0.29, 0.717) is 12.5 Å². The van der Waals surface area contributed by atoms with Crippen molar-refractivity contribution in [3.8, 4) is 0 Å². The molecule has 0 aromatic heterocycles. The van der Waals surface area contributed by atoms with E-state index in [-0.39, 0.29) is 0 Å². The van der Waals surface area contributed by atoms with Crippen LogP contribution < -0.4 is 5.32 Å². The number of aliphatic hydroxyl groups is 1. The highest BCUT2D eigenvalue weighted by Crippen LogP contribution is 2.19. The molecule has 2 fully saturated rings. The monoisotopic (exact) mass is 240 g/mol. The third-order valence-corrected chi connectivity index (χ3v) is 4.45. The lowest BCUT2D eigenvalue weighted by molar-refractivity contribution is 0.128. The third kappa shape index (κ3) is 4.57. The lowest BCUT2D eigenvalue weighted by Gasteiger charge is -2.31. The molecule has 2 rings (SSSR count). The summed E-state index contributed by atoms with van der Waals surface area (Å²) in [5.41, 5.74) is 0. The smallest absolute Gasteiger partial charge is 0.0460 e. The molecule has 3 heteroatoms. The topological polar surface area (TPSA) is 35.5 Å². The first-order valence-corrected chi connectivity index (χ1v) is 7.42. The van der Waals surface area contributed by atoms with E-state index >= 15 is 0 Å². The van der Waals surface area contributed by atoms with E-state index in [0.717, 1.165) is 5.92 Å². The molecular formula is C14H28N2O. The molecule has 100 valence electrons. The van der Waals surface area contributed by atoms with Gasteiger partial charge in [0.1, 0.15) is 0 Å². The molecule has 2 saturated heterocycles. The lowest BCUT2D eigenvalue weighted by atomic mass is 9.94. The Balaban J connectivity index is 1.53. The summed E-state index contributed by atoms with van der Waals surface area (Å²) >= 11 is 0. The van der Waals surface area contributed by atoms with Crippen molar-refractivity contribution in [1.82, 2.24) is 10.2 Å².